The number of rotatable bonds is 26. The first-order valence-electron chi connectivity index (χ1n) is 15.6. The zero-order chi connectivity index (χ0) is 30.1. The van der Waals surface area contributed by atoms with Crippen molar-refractivity contribution >= 4 is 23.7 Å². The summed E-state index contributed by atoms with van der Waals surface area (Å²) in [5.41, 5.74) is 6.01. The molecule has 11 nitrogen and oxygen atoms in total. The number of amides is 3. The number of H-pyrrole nitrogens is 1. The van der Waals surface area contributed by atoms with Crippen LogP contribution in [0.4, 0.5) is 0 Å². The van der Waals surface area contributed by atoms with Crippen molar-refractivity contribution in [1.29, 1.82) is 0 Å². The largest absolute Gasteiger partial charge is 0.480 e. The second kappa shape index (κ2) is 23.7. The highest BCUT2D eigenvalue weighted by atomic mass is 16.4. The Morgan fingerprint density at radius 3 is 1.98 bits per heavy atom. The van der Waals surface area contributed by atoms with E-state index in [1.807, 2.05) is 0 Å². The van der Waals surface area contributed by atoms with E-state index in [4.69, 9.17) is 5.73 Å². The van der Waals surface area contributed by atoms with Gasteiger partial charge in [-0.1, -0.05) is 84.0 Å². The average molecular weight is 579 g/mol. The maximum absolute atomic E-state index is 12.9. The number of imidazole rings is 1. The van der Waals surface area contributed by atoms with E-state index in [1.54, 1.807) is 6.20 Å². The molecule has 0 saturated heterocycles. The van der Waals surface area contributed by atoms with E-state index in [1.165, 1.54) is 70.5 Å². The number of nitrogens with zero attached hydrogens (tertiary/aromatic N) is 1. The van der Waals surface area contributed by atoms with Crippen molar-refractivity contribution in [1.82, 2.24) is 25.9 Å². The summed E-state index contributed by atoms with van der Waals surface area (Å²) in [7, 11) is 0. The van der Waals surface area contributed by atoms with E-state index in [0.29, 0.717) is 31.5 Å². The molecule has 1 aromatic heterocycles. The zero-order valence-corrected chi connectivity index (χ0v) is 25.1. The van der Waals surface area contributed by atoms with Crippen LogP contribution in [0.15, 0.2) is 12.5 Å². The number of carboxylic acid groups (broad SMARTS) is 1. The van der Waals surface area contributed by atoms with Gasteiger partial charge in [-0.15, -0.1) is 0 Å². The fourth-order valence-electron chi connectivity index (χ4n) is 4.66. The van der Waals surface area contributed by atoms with Gasteiger partial charge in [-0.05, 0) is 32.2 Å². The Bertz CT molecular complexity index is 848. The SMILES string of the molecule is CCCCCCCCCCCCCCCC(=O)NCC(=O)N[C@@H](Cc1c[nH]cn1)C(=O)N[C@@H](CCCCN)C(=O)O. The molecule has 2 atom stereocenters. The molecule has 0 fully saturated rings. The summed E-state index contributed by atoms with van der Waals surface area (Å²) >= 11 is 0. The minimum Gasteiger partial charge on any atom is -0.480 e. The molecule has 0 aromatic carbocycles. The number of carbonyl (C=O) groups is 4. The summed E-state index contributed by atoms with van der Waals surface area (Å²) in [4.78, 5) is 56.2. The number of carbonyl (C=O) groups excluding carboxylic acids is 3. The molecule has 0 radical (unpaired) electrons. The molecule has 3 amide bonds. The van der Waals surface area contributed by atoms with Crippen LogP contribution in [-0.4, -0.2) is 63.9 Å². The lowest BCUT2D eigenvalue weighted by molar-refractivity contribution is -0.142. The van der Waals surface area contributed by atoms with Crippen LogP contribution in [0.25, 0.3) is 0 Å². The Balaban J connectivity index is 2.31. The van der Waals surface area contributed by atoms with Gasteiger partial charge in [0.05, 0.1) is 18.6 Å². The summed E-state index contributed by atoms with van der Waals surface area (Å²) in [5.74, 6) is -2.52. The van der Waals surface area contributed by atoms with Gasteiger partial charge >= 0.3 is 5.97 Å². The van der Waals surface area contributed by atoms with Crippen LogP contribution in [0.1, 0.15) is 122 Å². The first kappa shape index (κ1) is 36.1. The van der Waals surface area contributed by atoms with Gasteiger partial charge in [0, 0.05) is 19.0 Å². The molecule has 7 N–H and O–H groups in total. The molecule has 0 spiro atoms. The third kappa shape index (κ3) is 18.9. The van der Waals surface area contributed by atoms with E-state index in [-0.39, 0.29) is 25.3 Å². The highest BCUT2D eigenvalue weighted by molar-refractivity contribution is 5.92. The van der Waals surface area contributed by atoms with Crippen LogP contribution < -0.4 is 21.7 Å². The minimum absolute atomic E-state index is 0.0725. The first-order chi connectivity index (χ1) is 19.9. The minimum atomic E-state index is -1.15. The molecule has 1 heterocycles. The number of aromatic amines is 1. The van der Waals surface area contributed by atoms with E-state index in [2.05, 4.69) is 32.8 Å². The molecule has 41 heavy (non-hydrogen) atoms. The molecular weight excluding hydrogens is 524 g/mol. The molecule has 0 bridgehead atoms. The number of nitrogens with one attached hydrogen (secondary N) is 4. The van der Waals surface area contributed by atoms with Crippen molar-refractivity contribution in [3.05, 3.63) is 18.2 Å². The number of unbranched alkanes of at least 4 members (excludes halogenated alkanes) is 13. The Hall–Kier alpha value is -2.95. The van der Waals surface area contributed by atoms with Crippen LogP contribution in [0, 0.1) is 0 Å². The van der Waals surface area contributed by atoms with E-state index in [0.717, 1.165) is 19.3 Å². The fourth-order valence-corrected chi connectivity index (χ4v) is 4.66. The zero-order valence-electron chi connectivity index (χ0n) is 25.1. The Labute approximate surface area is 245 Å². The van der Waals surface area contributed by atoms with Crippen LogP contribution >= 0.6 is 0 Å². The summed E-state index contributed by atoms with van der Waals surface area (Å²) in [6.07, 6.45) is 20.9. The number of aliphatic carboxylic acids is 1. The van der Waals surface area contributed by atoms with E-state index >= 15 is 0 Å². The standard InChI is InChI=1S/C30H54N6O5/c1-2-3-4-5-6-7-8-9-10-11-12-13-14-18-27(37)33-22-28(38)35-26(20-24-21-32-23-34-24)29(39)36-25(30(40)41)17-15-16-19-31/h21,23,25-26H,2-20,22,31H2,1H3,(H,32,34)(H,33,37)(H,35,38)(H,36,39)(H,40,41)/t25-,26-/m0/s1. The number of hydrogen-bond acceptors (Lipinski definition) is 6. The summed E-state index contributed by atoms with van der Waals surface area (Å²) in [5, 5.41) is 17.2. The lowest BCUT2D eigenvalue weighted by Crippen LogP contribution is -2.54. The maximum Gasteiger partial charge on any atom is 0.326 e. The second-order valence-electron chi connectivity index (χ2n) is 10.8. The van der Waals surface area contributed by atoms with Crippen molar-refractivity contribution in [3.63, 3.8) is 0 Å². The Morgan fingerprint density at radius 2 is 1.44 bits per heavy atom. The van der Waals surface area contributed by atoms with E-state index < -0.39 is 29.9 Å². The summed E-state index contributed by atoms with van der Waals surface area (Å²) < 4.78 is 0. The number of hydrogen-bond donors (Lipinski definition) is 6. The lowest BCUT2D eigenvalue weighted by atomic mass is 10.0. The molecular formula is C30H54N6O5. The van der Waals surface area contributed by atoms with Crippen LogP contribution in [0.2, 0.25) is 0 Å². The third-order valence-corrected chi connectivity index (χ3v) is 7.13. The van der Waals surface area contributed by atoms with Crippen molar-refractivity contribution < 1.29 is 24.3 Å². The normalized spacial score (nSPS) is 12.4. The van der Waals surface area contributed by atoms with Gasteiger partial charge in [-0.25, -0.2) is 9.78 Å². The predicted octanol–water partition coefficient (Wildman–Crippen LogP) is 3.73. The van der Waals surface area contributed by atoms with Crippen molar-refractivity contribution in [2.75, 3.05) is 13.1 Å². The Morgan fingerprint density at radius 1 is 0.829 bits per heavy atom. The molecule has 0 saturated carbocycles. The topological polar surface area (TPSA) is 179 Å². The van der Waals surface area contributed by atoms with Crippen LogP contribution in [0.3, 0.4) is 0 Å². The van der Waals surface area contributed by atoms with Gasteiger partial charge < -0.3 is 31.8 Å². The smallest absolute Gasteiger partial charge is 0.326 e. The van der Waals surface area contributed by atoms with Crippen LogP contribution in [0.5, 0.6) is 0 Å². The van der Waals surface area contributed by atoms with Crippen molar-refractivity contribution in [2.45, 2.75) is 135 Å². The maximum atomic E-state index is 12.9. The van der Waals surface area contributed by atoms with E-state index in [9.17, 15) is 24.3 Å². The van der Waals surface area contributed by atoms with Gasteiger partial charge in [-0.3, -0.25) is 14.4 Å². The van der Waals surface area contributed by atoms with Crippen LogP contribution in [-0.2, 0) is 25.6 Å². The van der Waals surface area contributed by atoms with Crippen molar-refractivity contribution in [3.8, 4) is 0 Å². The van der Waals surface area contributed by atoms with Gasteiger partial charge in [-0.2, -0.15) is 0 Å². The van der Waals surface area contributed by atoms with Gasteiger partial charge in [0.15, 0.2) is 0 Å². The van der Waals surface area contributed by atoms with Gasteiger partial charge in [0.1, 0.15) is 12.1 Å². The lowest BCUT2D eigenvalue weighted by Gasteiger charge is -2.21. The summed E-state index contributed by atoms with van der Waals surface area (Å²) in [6, 6.07) is -2.13. The summed E-state index contributed by atoms with van der Waals surface area (Å²) in [6.45, 7) is 2.41. The van der Waals surface area contributed by atoms with Crippen molar-refractivity contribution in [2.24, 2.45) is 5.73 Å². The van der Waals surface area contributed by atoms with Gasteiger partial charge in [0.25, 0.3) is 0 Å². The molecule has 0 aliphatic rings. The predicted molar refractivity (Wildman–Crippen MR) is 160 cm³/mol. The molecule has 0 aliphatic carbocycles. The first-order valence-corrected chi connectivity index (χ1v) is 15.6. The second-order valence-corrected chi connectivity index (χ2v) is 10.8. The molecule has 0 aliphatic heterocycles. The number of aromatic nitrogens is 2. The number of carboxylic acids is 1. The monoisotopic (exact) mass is 578 g/mol. The third-order valence-electron chi connectivity index (χ3n) is 7.13. The molecule has 0 unspecified atom stereocenters. The average Bonchev–Trinajstić information content (AvgIpc) is 3.46. The fraction of sp³-hybridized carbons (Fsp3) is 0.767. The van der Waals surface area contributed by atoms with Gasteiger partial charge in [0.2, 0.25) is 17.7 Å². The quantitative estimate of drug-likeness (QED) is 0.0906. The Kier molecular flexibility index (Phi) is 20.9. The number of nitrogens with two attached hydrogens (primary N) is 1. The highest BCUT2D eigenvalue weighted by Crippen LogP contribution is 2.13. The highest BCUT2D eigenvalue weighted by Gasteiger charge is 2.27. The molecule has 1 aromatic rings. The molecule has 234 valence electrons. The molecule has 11 heteroatoms. The molecule has 1 rings (SSSR count).